The first kappa shape index (κ1) is 19.9. The third-order valence-electron chi connectivity index (χ3n) is 5.45. The molecule has 2 saturated heterocycles. The summed E-state index contributed by atoms with van der Waals surface area (Å²) in [5, 5.41) is 0.465. The summed E-state index contributed by atoms with van der Waals surface area (Å²) in [5.41, 5.74) is 1.16. The largest absolute Gasteiger partial charge is 0.497 e. The molecule has 0 spiro atoms. The Hall–Kier alpha value is -2.35. The minimum Gasteiger partial charge on any atom is -0.497 e. The van der Waals surface area contributed by atoms with E-state index in [9.17, 15) is 9.59 Å². The maximum absolute atomic E-state index is 13.3. The number of methoxy groups -OCH3 is 1. The Morgan fingerprint density at radius 1 is 1.28 bits per heavy atom. The molecule has 7 nitrogen and oxygen atoms in total. The molecule has 2 atom stereocenters. The molecule has 2 aliphatic heterocycles. The summed E-state index contributed by atoms with van der Waals surface area (Å²) in [4.78, 5) is 32.3. The maximum atomic E-state index is 13.3. The minimum absolute atomic E-state index is 0.0721. The molecular formula is C21H24ClN3O4. The van der Waals surface area contributed by atoms with Gasteiger partial charge >= 0.3 is 0 Å². The van der Waals surface area contributed by atoms with E-state index in [-0.39, 0.29) is 23.4 Å². The number of hydrogen-bond donors (Lipinski definition) is 1. The highest BCUT2D eigenvalue weighted by Crippen LogP contribution is 2.26. The number of aromatic amines is 1. The van der Waals surface area contributed by atoms with E-state index in [2.05, 4.69) is 9.88 Å². The van der Waals surface area contributed by atoms with Crippen molar-refractivity contribution >= 4 is 17.5 Å². The van der Waals surface area contributed by atoms with Crippen LogP contribution in [-0.2, 0) is 11.3 Å². The van der Waals surface area contributed by atoms with Crippen LogP contribution < -0.4 is 10.3 Å². The number of rotatable bonds is 4. The number of ether oxygens (including phenoxy) is 2. The summed E-state index contributed by atoms with van der Waals surface area (Å²) < 4.78 is 11.1. The summed E-state index contributed by atoms with van der Waals surface area (Å²) >= 11 is 6.17. The smallest absolute Gasteiger partial charge is 0.254 e. The Morgan fingerprint density at radius 2 is 2.14 bits per heavy atom. The molecule has 8 heteroatoms. The number of amides is 1. The number of aromatic nitrogens is 1. The van der Waals surface area contributed by atoms with Gasteiger partial charge in [-0.1, -0.05) is 17.7 Å². The Balaban J connectivity index is 1.57. The lowest BCUT2D eigenvalue weighted by Crippen LogP contribution is -2.46. The van der Waals surface area contributed by atoms with Crippen LogP contribution in [0, 0.1) is 5.92 Å². The predicted octanol–water partition coefficient (Wildman–Crippen LogP) is 2.01. The SMILES string of the molecule is COc1cc(Cl)cc(C(=O)N2C[C@H]3COC[C@@H]2CN(Cc2ccc[nH]c2=O)C3)c1. The number of hydrogen-bond acceptors (Lipinski definition) is 5. The minimum atomic E-state index is -0.0947. The highest BCUT2D eigenvalue weighted by Gasteiger charge is 2.36. The highest BCUT2D eigenvalue weighted by molar-refractivity contribution is 6.31. The van der Waals surface area contributed by atoms with Crippen molar-refractivity contribution in [2.45, 2.75) is 12.6 Å². The lowest BCUT2D eigenvalue weighted by Gasteiger charge is -2.31. The molecule has 1 amide bonds. The normalized spacial score (nSPS) is 22.2. The molecule has 3 heterocycles. The molecule has 154 valence electrons. The van der Waals surface area contributed by atoms with Crippen molar-refractivity contribution in [1.29, 1.82) is 0 Å². The molecular weight excluding hydrogens is 394 g/mol. The van der Waals surface area contributed by atoms with Gasteiger partial charge in [-0.15, -0.1) is 0 Å². The summed E-state index contributed by atoms with van der Waals surface area (Å²) in [6.45, 7) is 3.65. The van der Waals surface area contributed by atoms with E-state index in [4.69, 9.17) is 21.1 Å². The van der Waals surface area contributed by atoms with Gasteiger partial charge in [-0.05, 0) is 24.3 Å². The fourth-order valence-corrected chi connectivity index (χ4v) is 4.33. The van der Waals surface area contributed by atoms with Gasteiger partial charge in [0.2, 0.25) is 0 Å². The highest BCUT2D eigenvalue weighted by atomic mass is 35.5. The number of fused-ring (bicyclic) bond motifs is 3. The second-order valence-corrected chi connectivity index (χ2v) is 8.05. The Morgan fingerprint density at radius 3 is 2.93 bits per heavy atom. The van der Waals surface area contributed by atoms with Crippen LogP contribution in [-0.4, -0.2) is 66.7 Å². The fourth-order valence-electron chi connectivity index (χ4n) is 4.11. The van der Waals surface area contributed by atoms with E-state index < -0.39 is 0 Å². The number of halogens is 1. The van der Waals surface area contributed by atoms with Gasteiger partial charge in [0.05, 0.1) is 26.4 Å². The average molecular weight is 418 g/mol. The number of benzene rings is 1. The molecule has 1 aromatic heterocycles. The van der Waals surface area contributed by atoms with Crippen LogP contribution in [0.25, 0.3) is 0 Å². The number of nitrogens with zero attached hydrogens (tertiary/aromatic N) is 2. The van der Waals surface area contributed by atoms with Crippen LogP contribution in [0.4, 0.5) is 0 Å². The third kappa shape index (κ3) is 4.47. The van der Waals surface area contributed by atoms with Crippen LogP contribution in [0.5, 0.6) is 5.75 Å². The van der Waals surface area contributed by atoms with Crippen LogP contribution in [0.15, 0.2) is 41.3 Å². The van der Waals surface area contributed by atoms with Gasteiger partial charge in [0, 0.05) is 54.4 Å². The second kappa shape index (κ2) is 8.57. The molecule has 0 saturated carbocycles. The molecule has 0 unspecified atom stereocenters. The number of H-pyrrole nitrogens is 1. The molecule has 1 N–H and O–H groups in total. The van der Waals surface area contributed by atoms with Gasteiger partial charge < -0.3 is 19.4 Å². The van der Waals surface area contributed by atoms with Crippen molar-refractivity contribution < 1.29 is 14.3 Å². The molecule has 2 aliphatic rings. The summed E-state index contributed by atoms with van der Waals surface area (Å²) in [6, 6.07) is 8.65. The van der Waals surface area contributed by atoms with E-state index in [0.717, 1.165) is 12.1 Å². The van der Waals surface area contributed by atoms with E-state index >= 15 is 0 Å². The zero-order chi connectivity index (χ0) is 20.4. The lowest BCUT2D eigenvalue weighted by atomic mass is 10.1. The third-order valence-corrected chi connectivity index (χ3v) is 5.67. The number of pyridine rings is 1. The predicted molar refractivity (Wildman–Crippen MR) is 109 cm³/mol. The summed E-state index contributed by atoms with van der Waals surface area (Å²) in [6.07, 6.45) is 1.64. The zero-order valence-corrected chi connectivity index (χ0v) is 17.0. The van der Waals surface area contributed by atoms with Gasteiger partial charge in [-0.25, -0.2) is 0 Å². The number of nitrogens with one attached hydrogen (secondary N) is 1. The second-order valence-electron chi connectivity index (χ2n) is 7.61. The van der Waals surface area contributed by atoms with Gasteiger partial charge in [0.25, 0.3) is 11.5 Å². The van der Waals surface area contributed by atoms with Crippen molar-refractivity contribution in [3.05, 3.63) is 63.0 Å². The Labute approximate surface area is 174 Å². The van der Waals surface area contributed by atoms with Crippen molar-refractivity contribution in [2.24, 2.45) is 5.92 Å². The van der Waals surface area contributed by atoms with Crippen molar-refractivity contribution in [2.75, 3.05) is 40.0 Å². The van der Waals surface area contributed by atoms with Gasteiger partial charge in [-0.3, -0.25) is 14.5 Å². The van der Waals surface area contributed by atoms with Crippen LogP contribution >= 0.6 is 11.6 Å². The molecule has 29 heavy (non-hydrogen) atoms. The lowest BCUT2D eigenvalue weighted by molar-refractivity contribution is 0.0423. The van der Waals surface area contributed by atoms with E-state index in [1.54, 1.807) is 31.5 Å². The first-order valence-electron chi connectivity index (χ1n) is 9.65. The molecule has 1 aromatic carbocycles. The quantitative estimate of drug-likeness (QED) is 0.823. The van der Waals surface area contributed by atoms with E-state index in [1.807, 2.05) is 17.0 Å². The van der Waals surface area contributed by atoms with Crippen LogP contribution in [0.2, 0.25) is 5.02 Å². The fraction of sp³-hybridized carbons (Fsp3) is 0.429. The van der Waals surface area contributed by atoms with Crippen molar-refractivity contribution in [3.8, 4) is 5.75 Å². The molecule has 0 aliphatic carbocycles. The molecule has 2 fully saturated rings. The maximum Gasteiger partial charge on any atom is 0.254 e. The molecule has 2 bridgehead atoms. The van der Waals surface area contributed by atoms with Gasteiger partial charge in [0.1, 0.15) is 5.75 Å². The van der Waals surface area contributed by atoms with E-state index in [1.165, 1.54) is 0 Å². The standard InChI is InChI=1S/C21H24ClN3O4/c1-28-19-6-16(5-17(22)7-19)21(27)25-9-14-8-24(11-18(25)13-29-12-14)10-15-3-2-4-23-20(15)26/h2-7,14,18H,8-13H2,1H3,(H,23,26)/t14-,18-/m0/s1. The molecule has 4 rings (SSSR count). The van der Waals surface area contributed by atoms with Crippen LogP contribution in [0.3, 0.4) is 0 Å². The summed E-state index contributed by atoms with van der Waals surface area (Å²) in [5.74, 6) is 0.654. The Kier molecular flexibility index (Phi) is 5.89. The van der Waals surface area contributed by atoms with Crippen molar-refractivity contribution in [3.63, 3.8) is 0 Å². The van der Waals surface area contributed by atoms with E-state index in [0.29, 0.717) is 49.2 Å². The topological polar surface area (TPSA) is 74.9 Å². The first-order chi connectivity index (χ1) is 14.0. The summed E-state index contributed by atoms with van der Waals surface area (Å²) in [7, 11) is 1.55. The van der Waals surface area contributed by atoms with Gasteiger partial charge in [-0.2, -0.15) is 0 Å². The molecule has 2 aromatic rings. The Bertz CT molecular complexity index is 948. The number of carbonyl (C=O) groups is 1. The van der Waals surface area contributed by atoms with Crippen molar-refractivity contribution in [1.82, 2.24) is 14.8 Å². The number of carbonyl (C=O) groups excluding carboxylic acids is 1. The van der Waals surface area contributed by atoms with Gasteiger partial charge in [0.15, 0.2) is 0 Å². The zero-order valence-electron chi connectivity index (χ0n) is 16.3. The first-order valence-corrected chi connectivity index (χ1v) is 10.0. The average Bonchev–Trinajstić information content (AvgIpc) is 2.99. The molecule has 0 radical (unpaired) electrons. The monoisotopic (exact) mass is 417 g/mol. The van der Waals surface area contributed by atoms with Crippen LogP contribution in [0.1, 0.15) is 15.9 Å².